The average Bonchev–Trinajstić information content (AvgIpc) is 3.09. The number of β-amino-alcohol motifs (C(OH)–C–C–N with tert-alkyl or cyclic N) is 1. The number of hydrogen-bond donors (Lipinski definition) is 2. The number of benzene rings is 1. The predicted molar refractivity (Wildman–Crippen MR) is 101 cm³/mol. The average molecular weight is 372 g/mol. The van der Waals surface area contributed by atoms with Crippen molar-refractivity contribution in [3.63, 3.8) is 0 Å². The smallest absolute Gasteiger partial charge is 0.132 e. The minimum absolute atomic E-state index is 0.246. The van der Waals surface area contributed by atoms with E-state index >= 15 is 0 Å². The summed E-state index contributed by atoms with van der Waals surface area (Å²) < 4.78 is 15.9. The van der Waals surface area contributed by atoms with Gasteiger partial charge in [0.05, 0.1) is 24.1 Å². The summed E-state index contributed by atoms with van der Waals surface area (Å²) in [6.45, 7) is 1.93. The van der Waals surface area contributed by atoms with Gasteiger partial charge in [-0.1, -0.05) is 12.1 Å². The topological polar surface area (TPSA) is 101 Å². The van der Waals surface area contributed by atoms with Crippen LogP contribution in [0.5, 0.6) is 5.75 Å². The Labute approximate surface area is 158 Å². The summed E-state index contributed by atoms with van der Waals surface area (Å²) in [5, 5.41) is 18.5. The largest absolute Gasteiger partial charge is 0.491 e. The Hall–Kier alpha value is -2.55. The summed E-state index contributed by atoms with van der Waals surface area (Å²) in [5.41, 5.74) is 1.48. The van der Waals surface area contributed by atoms with Crippen molar-refractivity contribution in [2.24, 2.45) is 0 Å². The van der Waals surface area contributed by atoms with Gasteiger partial charge in [0, 0.05) is 38.9 Å². The summed E-state index contributed by atoms with van der Waals surface area (Å²) >= 11 is 0. The maximum atomic E-state index is 10.0. The normalized spacial score (nSPS) is 19.3. The van der Waals surface area contributed by atoms with E-state index < -0.39 is 6.10 Å². The number of hydrogen-bond acceptors (Lipinski definition) is 8. The maximum Gasteiger partial charge on any atom is 0.132 e. The molecule has 1 aliphatic rings. The second kappa shape index (κ2) is 8.90. The van der Waals surface area contributed by atoms with Crippen molar-refractivity contribution in [3.05, 3.63) is 47.9 Å². The fraction of sp³-hybridized carbons (Fsp3) is 0.421. The van der Waals surface area contributed by atoms with Crippen molar-refractivity contribution in [1.29, 1.82) is 5.41 Å². The molecule has 0 saturated carbocycles. The second-order valence-corrected chi connectivity index (χ2v) is 6.25. The van der Waals surface area contributed by atoms with Crippen molar-refractivity contribution in [2.75, 3.05) is 45.4 Å². The van der Waals surface area contributed by atoms with Gasteiger partial charge in [-0.15, -0.1) is 0 Å². The number of nitrogens with zero attached hydrogens (tertiary/aromatic N) is 3. The summed E-state index contributed by atoms with van der Waals surface area (Å²) in [6.07, 6.45) is 0.627. The first-order valence-electron chi connectivity index (χ1n) is 8.71. The molecule has 3 rings (SSSR count). The van der Waals surface area contributed by atoms with Crippen molar-refractivity contribution in [2.45, 2.75) is 12.2 Å². The molecule has 8 nitrogen and oxygen atoms in total. The molecule has 1 saturated heterocycles. The lowest BCUT2D eigenvalue weighted by molar-refractivity contribution is 0.0217. The van der Waals surface area contributed by atoms with Crippen LogP contribution in [0.25, 0.3) is 0 Å². The lowest BCUT2D eigenvalue weighted by atomic mass is 10.1. The zero-order valence-corrected chi connectivity index (χ0v) is 15.5. The summed E-state index contributed by atoms with van der Waals surface area (Å²) in [7, 11) is 3.20. The van der Waals surface area contributed by atoms with Gasteiger partial charge in [0.15, 0.2) is 0 Å². The molecule has 1 fully saturated rings. The highest BCUT2D eigenvalue weighted by atomic mass is 16.5. The van der Waals surface area contributed by atoms with Crippen LogP contribution in [0.2, 0.25) is 0 Å². The summed E-state index contributed by atoms with van der Waals surface area (Å²) in [5.74, 6) is 1.34. The van der Waals surface area contributed by atoms with Crippen LogP contribution < -0.4 is 9.64 Å². The molecular formula is C19H24N4O4. The highest BCUT2D eigenvalue weighted by molar-refractivity contribution is 6.10. The number of rotatable bonds is 8. The molecule has 0 aliphatic carbocycles. The molecule has 0 radical (unpaired) electrons. The van der Waals surface area contributed by atoms with E-state index in [9.17, 15) is 5.11 Å². The number of methoxy groups -OCH3 is 2. The molecule has 0 bridgehead atoms. The molecule has 8 heteroatoms. The van der Waals surface area contributed by atoms with Crippen LogP contribution in [-0.2, 0) is 9.47 Å². The van der Waals surface area contributed by atoms with E-state index in [4.69, 9.17) is 19.6 Å². The van der Waals surface area contributed by atoms with E-state index in [1.165, 1.54) is 6.33 Å². The van der Waals surface area contributed by atoms with Gasteiger partial charge in [0.25, 0.3) is 0 Å². The number of aromatic nitrogens is 2. The lowest BCUT2D eigenvalue weighted by Crippen LogP contribution is -2.25. The van der Waals surface area contributed by atoms with E-state index in [0.29, 0.717) is 49.1 Å². The van der Waals surface area contributed by atoms with E-state index in [-0.39, 0.29) is 11.8 Å². The summed E-state index contributed by atoms with van der Waals surface area (Å²) in [6, 6.07) is 9.09. The van der Waals surface area contributed by atoms with Crippen LogP contribution in [0.3, 0.4) is 0 Å². The minimum atomic E-state index is -0.561. The lowest BCUT2D eigenvalue weighted by Gasteiger charge is -2.17. The molecule has 27 heavy (non-hydrogen) atoms. The van der Waals surface area contributed by atoms with Crippen LogP contribution in [0.15, 0.2) is 36.7 Å². The third-order valence-electron chi connectivity index (χ3n) is 4.45. The zero-order chi connectivity index (χ0) is 19.2. The third kappa shape index (κ3) is 4.60. The first kappa shape index (κ1) is 19.2. The standard InChI is InChI=1S/C19H24N4O4/c1-25-6-7-27-14-5-3-4-13(8-14)19(20)15-9-18(22-12-21-15)23-10-16(24)17(11-23)26-2/h3-5,8-9,12,16-17,20,24H,6-7,10-11H2,1-2H3/t16-,17-/m0/s1. The number of ether oxygens (including phenoxy) is 3. The Morgan fingerprint density at radius 2 is 2.07 bits per heavy atom. The molecule has 144 valence electrons. The molecule has 0 amide bonds. The molecular weight excluding hydrogens is 348 g/mol. The second-order valence-electron chi connectivity index (χ2n) is 6.25. The van der Waals surface area contributed by atoms with Crippen molar-refractivity contribution < 1.29 is 19.3 Å². The highest BCUT2D eigenvalue weighted by Gasteiger charge is 2.32. The molecule has 2 aromatic rings. The van der Waals surface area contributed by atoms with Gasteiger partial charge in [-0.3, -0.25) is 5.41 Å². The van der Waals surface area contributed by atoms with Crippen LogP contribution in [-0.4, -0.2) is 73.5 Å². The minimum Gasteiger partial charge on any atom is -0.491 e. The zero-order valence-electron chi connectivity index (χ0n) is 15.5. The monoisotopic (exact) mass is 372 g/mol. The van der Waals surface area contributed by atoms with Gasteiger partial charge >= 0.3 is 0 Å². The van der Waals surface area contributed by atoms with Gasteiger partial charge in [0.1, 0.15) is 30.6 Å². The third-order valence-corrected chi connectivity index (χ3v) is 4.45. The van der Waals surface area contributed by atoms with Gasteiger partial charge in [-0.05, 0) is 12.1 Å². The predicted octanol–water partition coefficient (Wildman–Crippen LogP) is 1.11. The van der Waals surface area contributed by atoms with Gasteiger partial charge in [0.2, 0.25) is 0 Å². The van der Waals surface area contributed by atoms with Gasteiger partial charge in [-0.2, -0.15) is 0 Å². The Morgan fingerprint density at radius 3 is 2.81 bits per heavy atom. The summed E-state index contributed by atoms with van der Waals surface area (Å²) in [4.78, 5) is 10.4. The maximum absolute atomic E-state index is 10.0. The van der Waals surface area contributed by atoms with E-state index in [0.717, 1.165) is 0 Å². The molecule has 1 aromatic heterocycles. The molecule has 1 aromatic carbocycles. The molecule has 2 heterocycles. The van der Waals surface area contributed by atoms with Crippen LogP contribution in [0.1, 0.15) is 11.3 Å². The number of aliphatic hydroxyl groups excluding tert-OH is 1. The first-order chi connectivity index (χ1) is 13.1. The van der Waals surface area contributed by atoms with Crippen LogP contribution in [0, 0.1) is 5.41 Å². The first-order valence-corrected chi connectivity index (χ1v) is 8.71. The fourth-order valence-electron chi connectivity index (χ4n) is 2.96. The Morgan fingerprint density at radius 1 is 1.22 bits per heavy atom. The molecule has 0 spiro atoms. The van der Waals surface area contributed by atoms with Crippen LogP contribution in [0.4, 0.5) is 5.82 Å². The van der Waals surface area contributed by atoms with Crippen molar-refractivity contribution in [1.82, 2.24) is 9.97 Å². The Balaban J connectivity index is 1.75. The molecule has 2 N–H and O–H groups in total. The number of aliphatic hydroxyl groups is 1. The number of nitrogens with one attached hydrogen (secondary N) is 1. The van der Waals surface area contributed by atoms with E-state index in [2.05, 4.69) is 9.97 Å². The molecule has 1 aliphatic heterocycles. The van der Waals surface area contributed by atoms with Crippen LogP contribution >= 0.6 is 0 Å². The Bertz CT molecular complexity index is 786. The SMILES string of the molecule is COCCOc1cccc(C(=N)c2cc(N3C[C@H](OC)[C@@H](O)C3)ncn2)c1. The molecule has 2 atom stereocenters. The van der Waals surface area contributed by atoms with E-state index in [1.54, 1.807) is 26.4 Å². The number of anilines is 1. The highest BCUT2D eigenvalue weighted by Crippen LogP contribution is 2.22. The fourth-order valence-corrected chi connectivity index (χ4v) is 2.96. The van der Waals surface area contributed by atoms with Gasteiger partial charge in [-0.25, -0.2) is 9.97 Å². The van der Waals surface area contributed by atoms with Gasteiger partial charge < -0.3 is 24.2 Å². The van der Waals surface area contributed by atoms with Crippen molar-refractivity contribution >= 4 is 11.5 Å². The Kier molecular flexibility index (Phi) is 6.33. The van der Waals surface area contributed by atoms with Crippen molar-refractivity contribution in [3.8, 4) is 5.75 Å². The quantitative estimate of drug-likeness (QED) is 0.529. The van der Waals surface area contributed by atoms with E-state index in [1.807, 2.05) is 23.1 Å². The molecule has 0 unspecified atom stereocenters.